The van der Waals surface area contributed by atoms with Gasteiger partial charge in [-0.25, -0.2) is 0 Å². The molecule has 0 bridgehead atoms. The fourth-order valence-corrected chi connectivity index (χ4v) is 3.01. The van der Waals surface area contributed by atoms with E-state index in [0.717, 1.165) is 10.6 Å². The maximum Gasteiger partial charge on any atom is 0.0794 e. The first kappa shape index (κ1) is 10.8. The smallest absolute Gasteiger partial charge is 0.0794 e. The van der Waals surface area contributed by atoms with Crippen molar-refractivity contribution < 1.29 is 0 Å². The van der Waals surface area contributed by atoms with Crippen LogP contribution in [0.4, 0.5) is 5.69 Å². The van der Waals surface area contributed by atoms with Crippen LogP contribution in [0.2, 0.25) is 5.02 Å². The zero-order valence-electron chi connectivity index (χ0n) is 7.81. The molecule has 5 heteroatoms. The SMILES string of the molecule is Nc1ccc(SCc2cncs2)c(Cl)c1. The van der Waals surface area contributed by atoms with Gasteiger partial charge in [-0.3, -0.25) is 4.98 Å². The van der Waals surface area contributed by atoms with Gasteiger partial charge in [-0.2, -0.15) is 0 Å². The number of thiazole rings is 1. The molecule has 2 aromatic rings. The summed E-state index contributed by atoms with van der Waals surface area (Å²) >= 11 is 9.40. The number of nitrogen functional groups attached to an aromatic ring is 1. The molecule has 0 fully saturated rings. The highest BCUT2D eigenvalue weighted by molar-refractivity contribution is 7.98. The van der Waals surface area contributed by atoms with Gasteiger partial charge in [-0.05, 0) is 18.2 Å². The fourth-order valence-electron chi connectivity index (χ4n) is 1.10. The van der Waals surface area contributed by atoms with Gasteiger partial charge in [0.1, 0.15) is 0 Å². The van der Waals surface area contributed by atoms with E-state index in [0.29, 0.717) is 10.7 Å². The van der Waals surface area contributed by atoms with E-state index in [4.69, 9.17) is 17.3 Å². The summed E-state index contributed by atoms with van der Waals surface area (Å²) in [5, 5.41) is 0.713. The summed E-state index contributed by atoms with van der Waals surface area (Å²) < 4.78 is 0. The molecular formula is C10H9ClN2S2. The highest BCUT2D eigenvalue weighted by Gasteiger charge is 2.02. The minimum absolute atomic E-state index is 0.696. The quantitative estimate of drug-likeness (QED) is 0.673. The van der Waals surface area contributed by atoms with Crippen LogP contribution in [0.15, 0.2) is 34.8 Å². The first-order valence-corrected chi connectivity index (χ1v) is 6.55. The monoisotopic (exact) mass is 256 g/mol. The van der Waals surface area contributed by atoms with Crippen LogP contribution in [0, 0.1) is 0 Å². The Morgan fingerprint density at radius 2 is 2.33 bits per heavy atom. The van der Waals surface area contributed by atoms with Crippen LogP contribution in [0.3, 0.4) is 0 Å². The topological polar surface area (TPSA) is 38.9 Å². The highest BCUT2D eigenvalue weighted by atomic mass is 35.5. The Labute approximate surface area is 101 Å². The minimum atomic E-state index is 0.696. The normalized spacial score (nSPS) is 10.5. The Balaban J connectivity index is 2.05. The largest absolute Gasteiger partial charge is 0.399 e. The average Bonchev–Trinajstić information content (AvgIpc) is 2.69. The van der Waals surface area contributed by atoms with Gasteiger partial charge in [0, 0.05) is 27.4 Å². The van der Waals surface area contributed by atoms with Crippen LogP contribution in [-0.2, 0) is 5.75 Å². The second-order valence-corrected chi connectivity index (χ2v) is 5.34. The van der Waals surface area contributed by atoms with Gasteiger partial charge in [-0.15, -0.1) is 23.1 Å². The molecule has 0 unspecified atom stereocenters. The van der Waals surface area contributed by atoms with Gasteiger partial charge in [-0.1, -0.05) is 11.6 Å². The van der Waals surface area contributed by atoms with Gasteiger partial charge >= 0.3 is 0 Å². The van der Waals surface area contributed by atoms with Crippen molar-refractivity contribution >= 4 is 40.4 Å². The first-order valence-electron chi connectivity index (χ1n) is 4.31. The van der Waals surface area contributed by atoms with Crippen LogP contribution < -0.4 is 5.73 Å². The molecule has 0 saturated carbocycles. The third kappa shape index (κ3) is 2.87. The molecule has 0 aliphatic rings. The van der Waals surface area contributed by atoms with Crippen LogP contribution in [0.25, 0.3) is 0 Å². The Morgan fingerprint density at radius 3 is 3.00 bits per heavy atom. The summed E-state index contributed by atoms with van der Waals surface area (Å²) in [5.41, 5.74) is 8.15. The Morgan fingerprint density at radius 1 is 1.47 bits per heavy atom. The molecule has 78 valence electrons. The molecule has 2 rings (SSSR count). The molecule has 2 nitrogen and oxygen atoms in total. The molecule has 0 amide bonds. The molecule has 15 heavy (non-hydrogen) atoms. The third-order valence-electron chi connectivity index (χ3n) is 1.81. The van der Waals surface area contributed by atoms with Gasteiger partial charge in [0.05, 0.1) is 10.5 Å². The van der Waals surface area contributed by atoms with E-state index in [2.05, 4.69) is 4.98 Å². The summed E-state index contributed by atoms with van der Waals surface area (Å²) in [6, 6.07) is 5.58. The number of nitrogens with zero attached hydrogens (tertiary/aromatic N) is 1. The number of nitrogens with two attached hydrogens (primary N) is 1. The number of halogens is 1. The van der Waals surface area contributed by atoms with Gasteiger partial charge in [0.15, 0.2) is 0 Å². The van der Waals surface area contributed by atoms with Crippen molar-refractivity contribution in [2.75, 3.05) is 5.73 Å². The summed E-state index contributed by atoms with van der Waals surface area (Å²) in [5.74, 6) is 0.897. The number of benzene rings is 1. The lowest BCUT2D eigenvalue weighted by atomic mass is 10.3. The van der Waals surface area contributed by atoms with E-state index in [1.165, 1.54) is 4.88 Å². The van der Waals surface area contributed by atoms with E-state index >= 15 is 0 Å². The van der Waals surface area contributed by atoms with E-state index in [1.807, 2.05) is 23.8 Å². The lowest BCUT2D eigenvalue weighted by Crippen LogP contribution is -1.84. The van der Waals surface area contributed by atoms with Crippen molar-refractivity contribution in [3.63, 3.8) is 0 Å². The van der Waals surface area contributed by atoms with E-state index < -0.39 is 0 Å². The number of thioether (sulfide) groups is 1. The zero-order valence-corrected chi connectivity index (χ0v) is 10.2. The average molecular weight is 257 g/mol. The number of hydrogen-bond donors (Lipinski definition) is 1. The van der Waals surface area contributed by atoms with Gasteiger partial charge in [0.2, 0.25) is 0 Å². The number of rotatable bonds is 3. The Bertz CT molecular complexity index is 443. The third-order valence-corrected chi connectivity index (χ3v) is 4.32. The predicted molar refractivity (Wildman–Crippen MR) is 67.5 cm³/mol. The van der Waals surface area contributed by atoms with Gasteiger partial charge in [0.25, 0.3) is 0 Å². The number of anilines is 1. The summed E-state index contributed by atoms with van der Waals surface area (Å²) in [4.78, 5) is 6.32. The molecule has 0 spiro atoms. The van der Waals surface area contributed by atoms with Crippen molar-refractivity contribution in [1.82, 2.24) is 4.98 Å². The number of hydrogen-bond acceptors (Lipinski definition) is 4. The molecule has 0 aliphatic heterocycles. The lowest BCUT2D eigenvalue weighted by molar-refractivity contribution is 1.36. The first-order chi connectivity index (χ1) is 7.25. The summed E-state index contributed by atoms with van der Waals surface area (Å²) in [6.45, 7) is 0. The predicted octanol–water partition coefficient (Wildman–Crippen LogP) is 3.67. The molecule has 0 saturated heterocycles. The van der Waals surface area contributed by atoms with E-state index in [-0.39, 0.29) is 0 Å². The van der Waals surface area contributed by atoms with E-state index in [9.17, 15) is 0 Å². The molecule has 2 N–H and O–H groups in total. The second-order valence-electron chi connectivity index (χ2n) is 2.95. The molecule has 0 atom stereocenters. The Hall–Kier alpha value is -0.710. The molecule has 1 heterocycles. The molecule has 0 aliphatic carbocycles. The zero-order chi connectivity index (χ0) is 10.7. The standard InChI is InChI=1S/C10H9ClN2S2/c11-9-3-7(12)1-2-10(9)14-5-8-4-13-6-15-8/h1-4,6H,5,12H2. The minimum Gasteiger partial charge on any atom is -0.399 e. The highest BCUT2D eigenvalue weighted by Crippen LogP contribution is 2.31. The summed E-state index contributed by atoms with van der Waals surface area (Å²) in [6.07, 6.45) is 1.88. The van der Waals surface area contributed by atoms with Crippen molar-refractivity contribution in [2.45, 2.75) is 10.6 Å². The second kappa shape index (κ2) is 4.88. The van der Waals surface area contributed by atoms with Crippen LogP contribution in [0.5, 0.6) is 0 Å². The molecule has 1 aromatic carbocycles. The van der Waals surface area contributed by atoms with Crippen molar-refractivity contribution in [1.29, 1.82) is 0 Å². The molecule has 0 radical (unpaired) electrons. The lowest BCUT2D eigenvalue weighted by Gasteiger charge is -2.03. The van der Waals surface area contributed by atoms with Crippen molar-refractivity contribution in [2.24, 2.45) is 0 Å². The van der Waals surface area contributed by atoms with Crippen molar-refractivity contribution in [3.8, 4) is 0 Å². The number of aromatic nitrogens is 1. The maximum atomic E-state index is 6.06. The van der Waals surface area contributed by atoms with Crippen molar-refractivity contribution in [3.05, 3.63) is 39.8 Å². The van der Waals surface area contributed by atoms with Crippen LogP contribution in [-0.4, -0.2) is 4.98 Å². The molecule has 1 aromatic heterocycles. The van der Waals surface area contributed by atoms with Crippen LogP contribution in [0.1, 0.15) is 4.88 Å². The summed E-state index contributed by atoms with van der Waals surface area (Å²) in [7, 11) is 0. The fraction of sp³-hybridized carbons (Fsp3) is 0.100. The van der Waals surface area contributed by atoms with Crippen LogP contribution >= 0.6 is 34.7 Å². The maximum absolute atomic E-state index is 6.06. The molecular weight excluding hydrogens is 248 g/mol. The Kier molecular flexibility index (Phi) is 3.51. The van der Waals surface area contributed by atoms with Gasteiger partial charge < -0.3 is 5.73 Å². The van der Waals surface area contributed by atoms with E-state index in [1.54, 1.807) is 29.2 Å².